The molecule has 8 nitrogen and oxygen atoms in total. The Hall–Kier alpha value is -4.46. The maximum absolute atomic E-state index is 13.4. The summed E-state index contributed by atoms with van der Waals surface area (Å²) >= 11 is 0. The van der Waals surface area contributed by atoms with E-state index < -0.39 is 11.8 Å². The minimum absolute atomic E-state index is 0.104. The highest BCUT2D eigenvalue weighted by atomic mass is 16.5. The molecule has 3 amide bonds. The fraction of sp³-hybridized carbons (Fsp3) is 0.120. The van der Waals surface area contributed by atoms with E-state index >= 15 is 0 Å². The number of ether oxygens (including phenoxy) is 1. The lowest BCUT2D eigenvalue weighted by Gasteiger charge is -2.15. The van der Waals surface area contributed by atoms with Crippen LogP contribution in [0, 0.1) is 0 Å². The molecular weight excluding hydrogens is 420 g/mol. The molecule has 33 heavy (non-hydrogen) atoms. The van der Waals surface area contributed by atoms with Gasteiger partial charge >= 0.3 is 0 Å². The lowest BCUT2D eigenvalue weighted by molar-refractivity contribution is -0.137. The Morgan fingerprint density at radius 3 is 2.27 bits per heavy atom. The number of nitrogens with zero attached hydrogens (tertiary/aromatic N) is 2. The quantitative estimate of drug-likeness (QED) is 0.544. The van der Waals surface area contributed by atoms with Crippen LogP contribution in [0.25, 0.3) is 5.57 Å². The predicted molar refractivity (Wildman–Crippen MR) is 124 cm³/mol. The molecular formula is C25H22N4O4. The molecule has 2 heterocycles. The van der Waals surface area contributed by atoms with Gasteiger partial charge in [-0.25, -0.2) is 0 Å². The molecule has 166 valence electrons. The first-order chi connectivity index (χ1) is 16.0. The molecule has 1 aliphatic rings. The van der Waals surface area contributed by atoms with Crippen LogP contribution < -0.4 is 15.4 Å². The van der Waals surface area contributed by atoms with E-state index in [9.17, 15) is 14.4 Å². The van der Waals surface area contributed by atoms with Gasteiger partial charge in [0.2, 0.25) is 5.91 Å². The summed E-state index contributed by atoms with van der Waals surface area (Å²) < 4.78 is 5.18. The second-order valence-corrected chi connectivity index (χ2v) is 7.42. The molecule has 0 fully saturated rings. The van der Waals surface area contributed by atoms with Gasteiger partial charge in [-0.1, -0.05) is 18.2 Å². The van der Waals surface area contributed by atoms with Crippen LogP contribution in [0.2, 0.25) is 0 Å². The van der Waals surface area contributed by atoms with E-state index in [4.69, 9.17) is 4.74 Å². The molecule has 0 atom stereocenters. The van der Waals surface area contributed by atoms with Crippen molar-refractivity contribution in [2.45, 2.75) is 13.5 Å². The molecule has 0 saturated carbocycles. The van der Waals surface area contributed by atoms with E-state index in [2.05, 4.69) is 15.6 Å². The first-order valence-corrected chi connectivity index (χ1v) is 10.2. The van der Waals surface area contributed by atoms with Crippen LogP contribution in [0.5, 0.6) is 5.75 Å². The Morgan fingerprint density at radius 1 is 0.970 bits per heavy atom. The number of rotatable bonds is 7. The van der Waals surface area contributed by atoms with Gasteiger partial charge < -0.3 is 15.4 Å². The van der Waals surface area contributed by atoms with Crippen molar-refractivity contribution in [3.05, 3.63) is 89.9 Å². The summed E-state index contributed by atoms with van der Waals surface area (Å²) in [6, 6.07) is 17.4. The summed E-state index contributed by atoms with van der Waals surface area (Å²) in [6.07, 6.45) is 3.26. The van der Waals surface area contributed by atoms with Crippen LogP contribution in [0.4, 0.5) is 11.4 Å². The predicted octanol–water partition coefficient (Wildman–Crippen LogP) is 3.44. The largest absolute Gasteiger partial charge is 0.497 e. The first kappa shape index (κ1) is 21.8. The SMILES string of the molecule is COc1ccc(NC2=C(c3ccc(NC(C)=O)cc3)C(=O)N(Cc3cccnc3)C2=O)cc1. The first-order valence-electron chi connectivity index (χ1n) is 10.2. The third kappa shape index (κ3) is 4.74. The highest BCUT2D eigenvalue weighted by Crippen LogP contribution is 2.32. The highest BCUT2D eigenvalue weighted by Gasteiger charge is 2.39. The molecule has 0 spiro atoms. The fourth-order valence-corrected chi connectivity index (χ4v) is 3.52. The van der Waals surface area contributed by atoms with Gasteiger partial charge in [0.15, 0.2) is 0 Å². The fourth-order valence-electron chi connectivity index (χ4n) is 3.52. The second kappa shape index (κ2) is 9.35. The molecule has 4 rings (SSSR count). The molecule has 2 N–H and O–H groups in total. The van der Waals surface area contributed by atoms with E-state index in [1.54, 1.807) is 74.1 Å². The third-order valence-corrected chi connectivity index (χ3v) is 5.08. The molecule has 1 aliphatic heterocycles. The number of imide groups is 1. The molecule has 2 aromatic carbocycles. The van der Waals surface area contributed by atoms with Crippen molar-refractivity contribution in [2.75, 3.05) is 17.7 Å². The summed E-state index contributed by atoms with van der Waals surface area (Å²) in [5, 5.41) is 5.80. The van der Waals surface area contributed by atoms with Gasteiger partial charge in [0.05, 0.1) is 19.2 Å². The molecule has 0 unspecified atom stereocenters. The van der Waals surface area contributed by atoms with Gasteiger partial charge in [-0.2, -0.15) is 0 Å². The maximum atomic E-state index is 13.4. The lowest BCUT2D eigenvalue weighted by atomic mass is 10.0. The minimum Gasteiger partial charge on any atom is -0.497 e. The van der Waals surface area contributed by atoms with Crippen molar-refractivity contribution in [1.82, 2.24) is 9.88 Å². The van der Waals surface area contributed by atoms with Crippen molar-refractivity contribution in [3.63, 3.8) is 0 Å². The molecule has 0 bridgehead atoms. The lowest BCUT2D eigenvalue weighted by Crippen LogP contribution is -2.32. The Morgan fingerprint density at radius 2 is 1.67 bits per heavy atom. The number of nitrogens with one attached hydrogen (secondary N) is 2. The molecule has 0 saturated heterocycles. The molecule has 3 aromatic rings. The maximum Gasteiger partial charge on any atom is 0.278 e. The Labute approximate surface area is 190 Å². The molecule has 0 radical (unpaired) electrons. The summed E-state index contributed by atoms with van der Waals surface area (Å²) in [4.78, 5) is 43.3. The van der Waals surface area contributed by atoms with Crippen molar-refractivity contribution < 1.29 is 19.1 Å². The smallest absolute Gasteiger partial charge is 0.278 e. The zero-order valence-corrected chi connectivity index (χ0v) is 18.2. The van der Waals surface area contributed by atoms with Crippen LogP contribution in [-0.2, 0) is 20.9 Å². The summed E-state index contributed by atoms with van der Waals surface area (Å²) in [7, 11) is 1.57. The van der Waals surface area contributed by atoms with Gasteiger partial charge in [0.1, 0.15) is 11.4 Å². The van der Waals surface area contributed by atoms with Gasteiger partial charge in [0, 0.05) is 30.7 Å². The van der Waals surface area contributed by atoms with Crippen molar-refractivity contribution >= 4 is 34.7 Å². The van der Waals surface area contributed by atoms with Crippen LogP contribution in [0.1, 0.15) is 18.1 Å². The number of hydrogen-bond acceptors (Lipinski definition) is 6. The topological polar surface area (TPSA) is 101 Å². The Bertz CT molecular complexity index is 1220. The van der Waals surface area contributed by atoms with Gasteiger partial charge in [-0.3, -0.25) is 24.3 Å². The molecule has 8 heteroatoms. The second-order valence-electron chi connectivity index (χ2n) is 7.42. The highest BCUT2D eigenvalue weighted by molar-refractivity contribution is 6.36. The van der Waals surface area contributed by atoms with E-state index in [0.717, 1.165) is 5.56 Å². The molecule has 1 aromatic heterocycles. The summed E-state index contributed by atoms with van der Waals surface area (Å²) in [5.74, 6) is -0.360. The molecule has 0 aliphatic carbocycles. The minimum atomic E-state index is -0.430. The zero-order valence-electron chi connectivity index (χ0n) is 18.2. The van der Waals surface area contributed by atoms with E-state index in [-0.39, 0.29) is 23.7 Å². The number of methoxy groups -OCH3 is 1. The number of benzene rings is 2. The van der Waals surface area contributed by atoms with Crippen LogP contribution >= 0.6 is 0 Å². The van der Waals surface area contributed by atoms with Gasteiger partial charge in [-0.05, 0) is 53.6 Å². The van der Waals surface area contributed by atoms with Gasteiger partial charge in [-0.15, -0.1) is 0 Å². The van der Waals surface area contributed by atoms with E-state index in [1.165, 1.54) is 11.8 Å². The number of amides is 3. The standard InChI is InChI=1S/C25H22N4O4/c1-16(30)27-19-7-5-18(6-8-19)22-23(28-20-9-11-21(33-2)12-10-20)25(32)29(24(22)31)15-17-4-3-13-26-14-17/h3-14,28H,15H2,1-2H3,(H,27,30). The Kier molecular flexibility index (Phi) is 6.17. The number of carbonyl (C=O) groups is 3. The summed E-state index contributed by atoms with van der Waals surface area (Å²) in [5.41, 5.74) is 2.98. The number of anilines is 2. The van der Waals surface area contributed by atoms with Crippen molar-refractivity contribution in [2.24, 2.45) is 0 Å². The van der Waals surface area contributed by atoms with Gasteiger partial charge in [0.25, 0.3) is 11.8 Å². The number of hydrogen-bond donors (Lipinski definition) is 2. The summed E-state index contributed by atoms with van der Waals surface area (Å²) in [6.45, 7) is 1.52. The Balaban J connectivity index is 1.70. The zero-order chi connectivity index (χ0) is 23.4. The van der Waals surface area contributed by atoms with Crippen molar-refractivity contribution in [3.8, 4) is 5.75 Å². The van der Waals surface area contributed by atoms with Crippen LogP contribution in [-0.4, -0.2) is 34.7 Å². The average molecular weight is 442 g/mol. The van der Waals surface area contributed by atoms with E-state index in [0.29, 0.717) is 22.7 Å². The van der Waals surface area contributed by atoms with E-state index in [1.807, 2.05) is 6.07 Å². The van der Waals surface area contributed by atoms with Crippen molar-refractivity contribution in [1.29, 1.82) is 0 Å². The average Bonchev–Trinajstić information content (AvgIpc) is 3.05. The number of aromatic nitrogens is 1. The van der Waals surface area contributed by atoms with Crippen LogP contribution in [0.3, 0.4) is 0 Å². The number of carbonyl (C=O) groups excluding carboxylic acids is 3. The van der Waals surface area contributed by atoms with Crippen LogP contribution in [0.15, 0.2) is 78.8 Å². The normalized spacial score (nSPS) is 13.3. The third-order valence-electron chi connectivity index (χ3n) is 5.08. The monoisotopic (exact) mass is 442 g/mol. The number of pyridine rings is 1.